The summed E-state index contributed by atoms with van der Waals surface area (Å²) in [4.78, 5) is 27.9. The van der Waals surface area contributed by atoms with Crippen LogP contribution < -0.4 is 0 Å². The number of thioether (sulfide) groups is 1. The van der Waals surface area contributed by atoms with Crippen molar-refractivity contribution in [1.82, 2.24) is 15.0 Å². The molecule has 0 N–H and O–H groups in total. The van der Waals surface area contributed by atoms with E-state index >= 15 is 0 Å². The lowest BCUT2D eigenvalue weighted by Crippen LogP contribution is -2.23. The first-order chi connectivity index (χ1) is 13.7. The van der Waals surface area contributed by atoms with Crippen LogP contribution in [0.1, 0.15) is 20.7 Å². The van der Waals surface area contributed by atoms with Crippen LogP contribution in [-0.2, 0) is 0 Å². The van der Waals surface area contributed by atoms with Crippen LogP contribution in [0.25, 0.3) is 16.7 Å². The number of aromatic nitrogens is 3. The Morgan fingerprint density at radius 3 is 2.14 bits per heavy atom. The summed E-state index contributed by atoms with van der Waals surface area (Å²) in [7, 11) is 0. The summed E-state index contributed by atoms with van der Waals surface area (Å²) >= 11 is 1.28. The van der Waals surface area contributed by atoms with E-state index in [2.05, 4.69) is 10.3 Å². The summed E-state index contributed by atoms with van der Waals surface area (Å²) in [5.74, 6) is -0.414. The van der Waals surface area contributed by atoms with E-state index in [0.717, 1.165) is 4.90 Å². The third-order valence-corrected chi connectivity index (χ3v) is 5.67. The molecule has 4 aromatic rings. The van der Waals surface area contributed by atoms with Crippen LogP contribution >= 0.6 is 11.8 Å². The first kappa shape index (κ1) is 16.6. The highest BCUT2D eigenvalue weighted by Gasteiger charge is 2.35. The van der Waals surface area contributed by atoms with Crippen LogP contribution in [0, 0.1) is 0 Å². The highest BCUT2D eigenvalue weighted by atomic mass is 32.2. The molecule has 5 nitrogen and oxygen atoms in total. The first-order valence-corrected chi connectivity index (χ1v) is 9.52. The largest absolute Gasteiger partial charge is 0.288 e. The fourth-order valence-corrected chi connectivity index (χ4v) is 4.27. The second kappa shape index (κ2) is 6.58. The summed E-state index contributed by atoms with van der Waals surface area (Å²) in [5, 5.41) is 8.35. The zero-order valence-corrected chi connectivity index (χ0v) is 15.4. The Morgan fingerprint density at radius 2 is 1.36 bits per heavy atom. The van der Waals surface area contributed by atoms with Crippen molar-refractivity contribution in [1.29, 1.82) is 0 Å². The highest BCUT2D eigenvalue weighted by molar-refractivity contribution is 8.04. The number of carbonyl (C=O) groups excluding carboxylic acids is 2. The van der Waals surface area contributed by atoms with Crippen molar-refractivity contribution < 1.29 is 9.59 Å². The van der Waals surface area contributed by atoms with Gasteiger partial charge in [0.1, 0.15) is 11.2 Å². The van der Waals surface area contributed by atoms with E-state index in [1.165, 1.54) is 16.4 Å². The number of nitrogens with zero attached hydrogens (tertiary/aromatic N) is 3. The Hall–Kier alpha value is -3.51. The van der Waals surface area contributed by atoms with E-state index in [1.54, 1.807) is 24.3 Å². The SMILES string of the molecule is O=C1C(Sc2ccccc2)=C(n2nnc3ccccc32)C(=O)c2ccccc21. The second-order valence-electron chi connectivity index (χ2n) is 6.29. The second-order valence-corrected chi connectivity index (χ2v) is 7.37. The Labute approximate surface area is 164 Å². The van der Waals surface area contributed by atoms with E-state index in [4.69, 9.17) is 0 Å². The van der Waals surface area contributed by atoms with Gasteiger partial charge in [-0.2, -0.15) is 0 Å². The molecule has 28 heavy (non-hydrogen) atoms. The molecule has 0 saturated carbocycles. The molecule has 0 aliphatic heterocycles. The number of Topliss-reactive ketones (excluding diaryl/α,β-unsaturated/α-hetero) is 2. The Morgan fingerprint density at radius 1 is 0.714 bits per heavy atom. The highest BCUT2D eigenvalue weighted by Crippen LogP contribution is 2.39. The minimum absolute atomic E-state index is 0.182. The van der Waals surface area contributed by atoms with Gasteiger partial charge in [0, 0.05) is 16.0 Å². The molecule has 0 saturated heterocycles. The topological polar surface area (TPSA) is 64.8 Å². The number of allylic oxidation sites excluding steroid dienone is 2. The Balaban J connectivity index is 1.78. The fraction of sp³-hybridized carbons (Fsp3) is 0. The molecular formula is C22H13N3O2S. The molecule has 1 heterocycles. The Bertz CT molecular complexity index is 1280. The molecule has 0 radical (unpaired) electrons. The molecule has 0 unspecified atom stereocenters. The average molecular weight is 383 g/mol. The number of fused-ring (bicyclic) bond motifs is 2. The maximum absolute atomic E-state index is 13.4. The monoisotopic (exact) mass is 383 g/mol. The van der Waals surface area contributed by atoms with Crippen LogP contribution in [0.2, 0.25) is 0 Å². The third-order valence-electron chi connectivity index (χ3n) is 4.58. The quantitative estimate of drug-likeness (QED) is 0.522. The summed E-state index contributed by atoms with van der Waals surface area (Å²) in [5.41, 5.74) is 2.40. The molecule has 3 aromatic carbocycles. The van der Waals surface area contributed by atoms with E-state index < -0.39 is 0 Å². The maximum atomic E-state index is 13.4. The van der Waals surface area contributed by atoms with Crippen LogP contribution in [0.15, 0.2) is 88.7 Å². The number of hydrogen-bond donors (Lipinski definition) is 0. The van der Waals surface area contributed by atoms with Gasteiger partial charge in [0.15, 0.2) is 0 Å². The third kappa shape index (κ3) is 2.58. The van der Waals surface area contributed by atoms with Crippen molar-refractivity contribution in [3.8, 4) is 0 Å². The number of para-hydroxylation sites is 1. The normalized spacial score (nSPS) is 13.9. The summed E-state index contributed by atoms with van der Waals surface area (Å²) < 4.78 is 1.48. The van der Waals surface area contributed by atoms with Gasteiger partial charge in [0.2, 0.25) is 11.6 Å². The smallest absolute Gasteiger partial charge is 0.213 e. The van der Waals surface area contributed by atoms with E-state index in [-0.39, 0.29) is 17.3 Å². The Kier molecular flexibility index (Phi) is 3.91. The summed E-state index contributed by atoms with van der Waals surface area (Å²) in [6.07, 6.45) is 0. The van der Waals surface area contributed by atoms with Gasteiger partial charge in [-0.15, -0.1) is 5.10 Å². The minimum Gasteiger partial charge on any atom is -0.288 e. The van der Waals surface area contributed by atoms with Gasteiger partial charge in [-0.05, 0) is 24.3 Å². The van der Waals surface area contributed by atoms with Gasteiger partial charge in [0.25, 0.3) is 0 Å². The van der Waals surface area contributed by atoms with Crippen molar-refractivity contribution in [2.75, 3.05) is 0 Å². The molecule has 0 atom stereocenters. The molecular weight excluding hydrogens is 370 g/mol. The van der Waals surface area contributed by atoms with Crippen molar-refractivity contribution in [2.24, 2.45) is 0 Å². The van der Waals surface area contributed by atoms with Gasteiger partial charge < -0.3 is 0 Å². The molecule has 134 valence electrons. The van der Waals surface area contributed by atoms with Crippen LogP contribution in [0.4, 0.5) is 0 Å². The average Bonchev–Trinajstić information content (AvgIpc) is 3.17. The zero-order chi connectivity index (χ0) is 19.1. The van der Waals surface area contributed by atoms with Crippen LogP contribution in [-0.4, -0.2) is 26.6 Å². The molecule has 0 amide bonds. The predicted octanol–water partition coefficient (Wildman–Crippen LogP) is 4.47. The van der Waals surface area contributed by atoms with Crippen molar-refractivity contribution >= 4 is 40.1 Å². The van der Waals surface area contributed by atoms with E-state index in [9.17, 15) is 9.59 Å². The van der Waals surface area contributed by atoms with Gasteiger partial charge >= 0.3 is 0 Å². The lowest BCUT2D eigenvalue weighted by atomic mass is 9.92. The molecule has 5 rings (SSSR count). The van der Waals surface area contributed by atoms with Crippen molar-refractivity contribution in [3.05, 3.63) is 94.9 Å². The zero-order valence-electron chi connectivity index (χ0n) is 14.6. The minimum atomic E-state index is -0.232. The van der Waals surface area contributed by atoms with E-state index in [1.807, 2.05) is 54.6 Å². The lowest BCUT2D eigenvalue weighted by Gasteiger charge is -2.20. The van der Waals surface area contributed by atoms with Crippen molar-refractivity contribution in [3.63, 3.8) is 0 Å². The maximum Gasteiger partial charge on any atom is 0.213 e. The summed E-state index contributed by atoms with van der Waals surface area (Å²) in [6.45, 7) is 0. The lowest BCUT2D eigenvalue weighted by molar-refractivity contribution is 0.0994. The van der Waals surface area contributed by atoms with Gasteiger partial charge in [-0.1, -0.05) is 71.6 Å². The number of carbonyl (C=O) groups is 2. The molecule has 0 spiro atoms. The van der Waals surface area contributed by atoms with Crippen molar-refractivity contribution in [2.45, 2.75) is 4.90 Å². The van der Waals surface area contributed by atoms with Crippen LogP contribution in [0.5, 0.6) is 0 Å². The number of hydrogen-bond acceptors (Lipinski definition) is 5. The number of rotatable bonds is 3. The molecule has 1 aliphatic carbocycles. The standard InChI is InChI=1S/C22H13N3O2S/c26-20-15-10-4-5-11-16(15)21(27)22(28-14-8-2-1-3-9-14)19(20)25-18-13-7-6-12-17(18)23-24-25/h1-13H. The van der Waals surface area contributed by atoms with Gasteiger partial charge in [0.05, 0.1) is 10.4 Å². The van der Waals surface area contributed by atoms with Gasteiger partial charge in [-0.25, -0.2) is 4.68 Å². The molecule has 6 heteroatoms. The number of ketones is 2. The molecule has 0 fully saturated rings. The van der Waals surface area contributed by atoms with Crippen LogP contribution in [0.3, 0.4) is 0 Å². The first-order valence-electron chi connectivity index (χ1n) is 8.70. The van der Waals surface area contributed by atoms with Gasteiger partial charge in [-0.3, -0.25) is 9.59 Å². The molecule has 0 bridgehead atoms. The predicted molar refractivity (Wildman–Crippen MR) is 108 cm³/mol. The number of benzene rings is 3. The van der Waals surface area contributed by atoms with E-state index in [0.29, 0.717) is 27.1 Å². The fourth-order valence-electron chi connectivity index (χ4n) is 3.27. The summed E-state index contributed by atoms with van der Waals surface area (Å²) in [6, 6.07) is 23.8. The molecule has 1 aliphatic rings. The molecule has 1 aromatic heterocycles.